The lowest BCUT2D eigenvalue weighted by molar-refractivity contribution is 0.567. The largest absolute Gasteiger partial charge is 0.370 e. The van der Waals surface area contributed by atoms with Crippen molar-refractivity contribution in [1.82, 2.24) is 4.98 Å². The number of hydrogen-bond donors (Lipinski definition) is 2. The second kappa shape index (κ2) is 3.66. The van der Waals surface area contributed by atoms with Gasteiger partial charge in [-0.3, -0.25) is 0 Å². The quantitative estimate of drug-likeness (QED) is 0.370. The Kier molecular flexibility index (Phi) is 2.57. The van der Waals surface area contributed by atoms with Gasteiger partial charge in [-0.05, 0) is 6.07 Å². The standard InChI is InChI=1S/C7H9FN4/c8-6-5(2-1-3-11-6)4-12-7(9)10/h1-3H,4H2,(H4,9,10,12). The van der Waals surface area contributed by atoms with Gasteiger partial charge >= 0.3 is 0 Å². The van der Waals surface area contributed by atoms with E-state index in [-0.39, 0.29) is 12.5 Å². The third-order valence-corrected chi connectivity index (χ3v) is 1.27. The highest BCUT2D eigenvalue weighted by Gasteiger charge is 1.99. The summed E-state index contributed by atoms with van der Waals surface area (Å²) in [4.78, 5) is 7.09. The van der Waals surface area contributed by atoms with E-state index in [1.54, 1.807) is 12.1 Å². The molecule has 0 atom stereocenters. The van der Waals surface area contributed by atoms with Gasteiger partial charge in [0.15, 0.2) is 5.96 Å². The maximum Gasteiger partial charge on any atom is 0.217 e. The first-order valence-corrected chi connectivity index (χ1v) is 3.35. The predicted molar refractivity (Wildman–Crippen MR) is 43.7 cm³/mol. The highest BCUT2D eigenvalue weighted by atomic mass is 19.1. The molecule has 0 fully saturated rings. The van der Waals surface area contributed by atoms with Crippen LogP contribution in [0.3, 0.4) is 0 Å². The van der Waals surface area contributed by atoms with Crippen LogP contribution >= 0.6 is 0 Å². The van der Waals surface area contributed by atoms with Crippen LogP contribution in [0.2, 0.25) is 0 Å². The number of aromatic nitrogens is 1. The molecule has 0 radical (unpaired) electrons. The van der Waals surface area contributed by atoms with Crippen molar-refractivity contribution in [2.24, 2.45) is 16.5 Å². The van der Waals surface area contributed by atoms with Crippen molar-refractivity contribution in [2.45, 2.75) is 6.54 Å². The van der Waals surface area contributed by atoms with Crippen LogP contribution in [0.15, 0.2) is 23.3 Å². The molecule has 0 aliphatic rings. The number of hydrogen-bond acceptors (Lipinski definition) is 2. The Morgan fingerprint density at radius 2 is 2.33 bits per heavy atom. The molecule has 0 saturated heterocycles. The molecule has 0 bridgehead atoms. The predicted octanol–water partition coefficient (Wildman–Crippen LogP) is -0.00590. The Bertz CT molecular complexity index is 293. The van der Waals surface area contributed by atoms with Crippen molar-refractivity contribution < 1.29 is 4.39 Å². The van der Waals surface area contributed by atoms with Crippen molar-refractivity contribution >= 4 is 5.96 Å². The number of guanidine groups is 1. The van der Waals surface area contributed by atoms with Gasteiger partial charge < -0.3 is 11.5 Å². The first kappa shape index (κ1) is 8.45. The smallest absolute Gasteiger partial charge is 0.217 e. The molecule has 0 aliphatic heterocycles. The molecule has 1 rings (SSSR count). The van der Waals surface area contributed by atoms with Crippen LogP contribution in [0.5, 0.6) is 0 Å². The van der Waals surface area contributed by atoms with Gasteiger partial charge in [0.1, 0.15) is 0 Å². The molecule has 0 saturated carbocycles. The van der Waals surface area contributed by atoms with Crippen LogP contribution in [0.25, 0.3) is 0 Å². The Morgan fingerprint density at radius 3 is 2.92 bits per heavy atom. The second-order valence-corrected chi connectivity index (χ2v) is 2.19. The highest BCUT2D eigenvalue weighted by Crippen LogP contribution is 2.03. The van der Waals surface area contributed by atoms with Crippen LogP contribution in [0.4, 0.5) is 4.39 Å². The first-order valence-electron chi connectivity index (χ1n) is 3.35. The molecule has 0 unspecified atom stereocenters. The van der Waals surface area contributed by atoms with E-state index in [0.717, 1.165) is 0 Å². The molecule has 0 aliphatic carbocycles. The van der Waals surface area contributed by atoms with Gasteiger partial charge in [0, 0.05) is 11.8 Å². The summed E-state index contributed by atoms with van der Waals surface area (Å²) in [7, 11) is 0. The molecule has 64 valence electrons. The number of nitrogens with two attached hydrogens (primary N) is 2. The fourth-order valence-corrected chi connectivity index (χ4v) is 0.714. The highest BCUT2D eigenvalue weighted by molar-refractivity contribution is 5.75. The van der Waals surface area contributed by atoms with Crippen LogP contribution in [0, 0.1) is 5.95 Å². The fourth-order valence-electron chi connectivity index (χ4n) is 0.714. The average Bonchev–Trinajstić information content (AvgIpc) is 2.03. The molecular formula is C7H9FN4. The van der Waals surface area contributed by atoms with Crippen molar-refractivity contribution in [2.75, 3.05) is 0 Å². The van der Waals surface area contributed by atoms with Crippen molar-refractivity contribution in [3.05, 3.63) is 29.8 Å². The van der Waals surface area contributed by atoms with E-state index in [0.29, 0.717) is 5.56 Å². The van der Waals surface area contributed by atoms with E-state index >= 15 is 0 Å². The van der Waals surface area contributed by atoms with Crippen LogP contribution in [0.1, 0.15) is 5.56 Å². The summed E-state index contributed by atoms with van der Waals surface area (Å²) in [5.41, 5.74) is 10.5. The molecule has 0 amide bonds. The minimum atomic E-state index is -0.539. The SMILES string of the molecule is NC(N)=NCc1cccnc1F. The topological polar surface area (TPSA) is 77.3 Å². The van der Waals surface area contributed by atoms with E-state index in [4.69, 9.17) is 11.5 Å². The lowest BCUT2D eigenvalue weighted by Crippen LogP contribution is -2.22. The summed E-state index contributed by atoms with van der Waals surface area (Å²) >= 11 is 0. The Hall–Kier alpha value is -1.65. The fraction of sp³-hybridized carbons (Fsp3) is 0.143. The molecule has 0 spiro atoms. The average molecular weight is 168 g/mol. The zero-order chi connectivity index (χ0) is 8.97. The molecular weight excluding hydrogens is 159 g/mol. The monoisotopic (exact) mass is 168 g/mol. The third-order valence-electron chi connectivity index (χ3n) is 1.27. The lowest BCUT2D eigenvalue weighted by atomic mass is 10.3. The molecule has 4 nitrogen and oxygen atoms in total. The summed E-state index contributed by atoms with van der Waals surface area (Å²) in [6.07, 6.45) is 1.37. The summed E-state index contributed by atoms with van der Waals surface area (Å²) in [5.74, 6) is -0.597. The minimum absolute atomic E-state index is 0.0572. The Morgan fingerprint density at radius 1 is 1.58 bits per heavy atom. The summed E-state index contributed by atoms with van der Waals surface area (Å²) in [6.45, 7) is 0.127. The van der Waals surface area contributed by atoms with Crippen molar-refractivity contribution in [3.63, 3.8) is 0 Å². The number of nitrogens with zero attached hydrogens (tertiary/aromatic N) is 2. The van der Waals surface area contributed by atoms with Crippen molar-refractivity contribution in [3.8, 4) is 0 Å². The zero-order valence-electron chi connectivity index (χ0n) is 6.37. The number of pyridine rings is 1. The molecule has 12 heavy (non-hydrogen) atoms. The van der Waals surface area contributed by atoms with Crippen molar-refractivity contribution in [1.29, 1.82) is 0 Å². The van der Waals surface area contributed by atoms with Crippen LogP contribution in [-0.2, 0) is 6.54 Å². The zero-order valence-corrected chi connectivity index (χ0v) is 6.37. The van der Waals surface area contributed by atoms with E-state index in [2.05, 4.69) is 9.98 Å². The van der Waals surface area contributed by atoms with E-state index in [1.165, 1.54) is 6.20 Å². The summed E-state index contributed by atoms with van der Waals surface area (Å²) < 4.78 is 12.8. The first-order chi connectivity index (χ1) is 5.70. The van der Waals surface area contributed by atoms with Gasteiger partial charge in [-0.1, -0.05) is 6.07 Å². The van der Waals surface area contributed by atoms with Crippen LogP contribution in [-0.4, -0.2) is 10.9 Å². The van der Waals surface area contributed by atoms with Gasteiger partial charge in [0.2, 0.25) is 5.95 Å². The lowest BCUT2D eigenvalue weighted by Gasteiger charge is -1.96. The maximum atomic E-state index is 12.8. The molecule has 0 aromatic carbocycles. The molecule has 5 heteroatoms. The summed E-state index contributed by atoms with van der Waals surface area (Å²) in [5, 5.41) is 0. The van der Waals surface area contributed by atoms with E-state index in [1.807, 2.05) is 0 Å². The minimum Gasteiger partial charge on any atom is -0.370 e. The van der Waals surface area contributed by atoms with E-state index in [9.17, 15) is 4.39 Å². The number of rotatable bonds is 2. The normalized spacial score (nSPS) is 9.42. The number of aliphatic imine (C=N–C) groups is 1. The van der Waals surface area contributed by atoms with Gasteiger partial charge in [0.05, 0.1) is 6.54 Å². The van der Waals surface area contributed by atoms with Crippen LogP contribution < -0.4 is 11.5 Å². The van der Waals surface area contributed by atoms with Gasteiger partial charge in [-0.15, -0.1) is 0 Å². The number of halogens is 1. The molecule has 1 aromatic heterocycles. The maximum absolute atomic E-state index is 12.8. The molecule has 4 N–H and O–H groups in total. The molecule has 1 aromatic rings. The Labute approximate surface area is 69.1 Å². The summed E-state index contributed by atoms with van der Waals surface area (Å²) in [6, 6.07) is 3.20. The molecule has 1 heterocycles. The third kappa shape index (κ3) is 2.19. The van der Waals surface area contributed by atoms with E-state index < -0.39 is 5.95 Å². The second-order valence-electron chi connectivity index (χ2n) is 2.19. The van der Waals surface area contributed by atoms with Gasteiger partial charge in [-0.2, -0.15) is 4.39 Å². The van der Waals surface area contributed by atoms with Gasteiger partial charge in [0.25, 0.3) is 0 Å². The van der Waals surface area contributed by atoms with Gasteiger partial charge in [-0.25, -0.2) is 9.98 Å². The Balaban J connectivity index is 2.76.